The third kappa shape index (κ3) is 7.19. The molecule has 4 heterocycles. The van der Waals surface area contributed by atoms with Crippen molar-refractivity contribution in [2.45, 2.75) is 84.0 Å². The molecule has 0 saturated carbocycles. The number of amides is 3. The Hall–Kier alpha value is -5.39. The molecule has 2 unspecified atom stereocenters. The molecule has 1 aromatic heterocycles. The number of H-pyrrole nitrogens is 1. The lowest BCUT2D eigenvalue weighted by Gasteiger charge is -2.28. The standard InChI is InChI=1S/C41H49N7O5/c1-6-24(2)16-37(49)48-25(3)9-14-35(48)40-45-33-13-11-26-18-32-30-12-10-27(17-28(30)23-53-36(32)19-31(26)39(33)46-40)34(21-42-4)43-20-29-8-7-15-47(29)38(50)22-44-41(51)52-5/h10-13,17-19,21,24-25,29,35,43H,4,6-9,14-16,20,22-23H2,1-3,5H3,(H,44,51)(H,45,46)/b34-21-/t24-,25-,29?,35?/m0/s1. The number of methoxy groups -OCH3 is 1. The molecule has 53 heavy (non-hydrogen) atoms. The van der Waals surface area contributed by atoms with Gasteiger partial charge in [0.2, 0.25) is 11.8 Å². The van der Waals surface area contributed by atoms with Gasteiger partial charge in [0.15, 0.2) is 0 Å². The van der Waals surface area contributed by atoms with E-state index >= 15 is 0 Å². The number of aliphatic imine (C=N–C) groups is 1. The summed E-state index contributed by atoms with van der Waals surface area (Å²) >= 11 is 0. The van der Waals surface area contributed by atoms with E-state index in [0.29, 0.717) is 32.0 Å². The number of ether oxygens (including phenoxy) is 2. The van der Waals surface area contributed by atoms with Crippen molar-refractivity contribution in [3.8, 4) is 16.9 Å². The van der Waals surface area contributed by atoms with Gasteiger partial charge >= 0.3 is 6.09 Å². The molecule has 4 atom stereocenters. The maximum atomic E-state index is 13.4. The average Bonchev–Trinajstić information content (AvgIpc) is 3.92. The van der Waals surface area contributed by atoms with Crippen LogP contribution in [0.1, 0.15) is 82.3 Å². The van der Waals surface area contributed by atoms with Gasteiger partial charge in [-0.05, 0) is 91.6 Å². The number of hydrogen-bond donors (Lipinski definition) is 3. The van der Waals surface area contributed by atoms with Gasteiger partial charge in [-0.15, -0.1) is 0 Å². The number of nitrogens with zero attached hydrogens (tertiary/aromatic N) is 4. The summed E-state index contributed by atoms with van der Waals surface area (Å²) in [6.45, 7) is 11.6. The predicted molar refractivity (Wildman–Crippen MR) is 206 cm³/mol. The highest BCUT2D eigenvalue weighted by atomic mass is 16.5. The van der Waals surface area contributed by atoms with E-state index in [9.17, 15) is 14.4 Å². The summed E-state index contributed by atoms with van der Waals surface area (Å²) in [4.78, 5) is 54.3. The average molecular weight is 720 g/mol. The first-order valence-electron chi connectivity index (χ1n) is 18.7. The predicted octanol–water partition coefficient (Wildman–Crippen LogP) is 6.70. The van der Waals surface area contributed by atoms with Crippen LogP contribution in [0.5, 0.6) is 5.75 Å². The number of likely N-dealkylation sites (tertiary alicyclic amines) is 2. The van der Waals surface area contributed by atoms with Gasteiger partial charge in [-0.1, -0.05) is 38.5 Å². The number of hydrogen-bond acceptors (Lipinski definition) is 8. The highest BCUT2D eigenvalue weighted by molar-refractivity contribution is 6.07. The maximum Gasteiger partial charge on any atom is 0.407 e. The van der Waals surface area contributed by atoms with Crippen molar-refractivity contribution < 1.29 is 23.9 Å². The topological polar surface area (TPSA) is 141 Å². The molecule has 4 aromatic rings. The van der Waals surface area contributed by atoms with Crippen LogP contribution in [0, 0.1) is 5.92 Å². The number of carbonyl (C=O) groups excluding carboxylic acids is 3. The first-order valence-corrected chi connectivity index (χ1v) is 18.7. The van der Waals surface area contributed by atoms with Gasteiger partial charge in [0.25, 0.3) is 0 Å². The van der Waals surface area contributed by atoms with Crippen molar-refractivity contribution in [3.05, 3.63) is 65.6 Å². The van der Waals surface area contributed by atoms with E-state index in [1.54, 1.807) is 11.1 Å². The number of aromatic nitrogens is 2. The zero-order valence-corrected chi connectivity index (χ0v) is 31.0. The van der Waals surface area contributed by atoms with E-state index in [4.69, 9.17) is 9.72 Å². The largest absolute Gasteiger partial charge is 0.488 e. The molecule has 3 amide bonds. The minimum atomic E-state index is -0.626. The van der Waals surface area contributed by atoms with Crippen molar-refractivity contribution >= 4 is 52.1 Å². The third-order valence-corrected chi connectivity index (χ3v) is 11.2. The molecule has 0 aliphatic carbocycles. The number of alkyl carbamates (subject to hydrolysis) is 1. The Balaban J connectivity index is 1.11. The lowest BCUT2D eigenvalue weighted by Crippen LogP contribution is -2.45. The van der Waals surface area contributed by atoms with E-state index in [0.717, 1.165) is 93.4 Å². The van der Waals surface area contributed by atoms with Crippen LogP contribution >= 0.6 is 0 Å². The molecule has 0 radical (unpaired) electrons. The lowest BCUT2D eigenvalue weighted by atomic mass is 9.92. The zero-order chi connectivity index (χ0) is 37.2. The molecule has 2 fully saturated rings. The Morgan fingerprint density at radius 2 is 1.96 bits per heavy atom. The van der Waals surface area contributed by atoms with E-state index in [-0.39, 0.29) is 36.5 Å². The fourth-order valence-corrected chi connectivity index (χ4v) is 8.09. The molecular weight excluding hydrogens is 670 g/mol. The summed E-state index contributed by atoms with van der Waals surface area (Å²) in [7, 11) is 1.27. The summed E-state index contributed by atoms with van der Waals surface area (Å²) < 4.78 is 11.0. The fraction of sp³-hybridized carbons (Fsp3) is 0.439. The van der Waals surface area contributed by atoms with Crippen LogP contribution in [-0.4, -0.2) is 83.2 Å². The third-order valence-electron chi connectivity index (χ3n) is 11.2. The molecule has 3 N–H and O–H groups in total. The van der Waals surface area contributed by atoms with Crippen LogP contribution in [0.4, 0.5) is 4.79 Å². The maximum absolute atomic E-state index is 13.4. The number of imidazole rings is 1. The van der Waals surface area contributed by atoms with Crippen LogP contribution in [0.3, 0.4) is 0 Å². The van der Waals surface area contributed by atoms with Crippen LogP contribution in [0.25, 0.3) is 38.6 Å². The smallest absolute Gasteiger partial charge is 0.407 e. The van der Waals surface area contributed by atoms with Crippen molar-refractivity contribution in [3.63, 3.8) is 0 Å². The summed E-state index contributed by atoms with van der Waals surface area (Å²) in [6.07, 6.45) is 6.23. The highest BCUT2D eigenvalue weighted by Gasteiger charge is 2.37. The monoisotopic (exact) mass is 719 g/mol. The molecule has 2 saturated heterocycles. The molecule has 12 nitrogen and oxygen atoms in total. The number of benzene rings is 3. The van der Waals surface area contributed by atoms with Crippen molar-refractivity contribution in [1.29, 1.82) is 0 Å². The van der Waals surface area contributed by atoms with Gasteiger partial charge < -0.3 is 34.9 Å². The van der Waals surface area contributed by atoms with E-state index in [1.807, 2.05) is 0 Å². The minimum absolute atomic E-state index is 0.0221. The summed E-state index contributed by atoms with van der Waals surface area (Å²) in [5.74, 6) is 2.08. The summed E-state index contributed by atoms with van der Waals surface area (Å²) in [6, 6.07) is 14.9. The fourth-order valence-electron chi connectivity index (χ4n) is 8.09. The Kier molecular flexibility index (Phi) is 10.4. The lowest BCUT2D eigenvalue weighted by molar-refractivity contribution is -0.135. The Morgan fingerprint density at radius 1 is 1.11 bits per heavy atom. The normalized spacial score (nSPS) is 20.2. The second-order valence-electron chi connectivity index (χ2n) is 14.6. The first kappa shape index (κ1) is 36.0. The molecule has 0 bridgehead atoms. The van der Waals surface area contributed by atoms with Crippen LogP contribution in [0.2, 0.25) is 0 Å². The van der Waals surface area contributed by atoms with Gasteiger partial charge in [0, 0.05) is 48.7 Å². The van der Waals surface area contributed by atoms with Crippen molar-refractivity contribution in [2.24, 2.45) is 10.9 Å². The highest BCUT2D eigenvalue weighted by Crippen LogP contribution is 2.43. The number of nitrogens with one attached hydrogen (secondary N) is 3. The van der Waals surface area contributed by atoms with Gasteiger partial charge in [-0.25, -0.2) is 9.78 Å². The molecule has 12 heteroatoms. The summed E-state index contributed by atoms with van der Waals surface area (Å²) in [5.41, 5.74) is 6.76. The van der Waals surface area contributed by atoms with Gasteiger partial charge in [-0.3, -0.25) is 14.6 Å². The van der Waals surface area contributed by atoms with Crippen LogP contribution in [0.15, 0.2) is 53.7 Å². The Bertz CT molecular complexity index is 2090. The van der Waals surface area contributed by atoms with E-state index < -0.39 is 6.09 Å². The molecule has 7 rings (SSSR count). The minimum Gasteiger partial charge on any atom is -0.488 e. The second kappa shape index (κ2) is 15.3. The molecular formula is C41H49N7O5. The number of aromatic amines is 1. The van der Waals surface area contributed by atoms with E-state index in [2.05, 4.69) is 100 Å². The molecule has 278 valence electrons. The Labute approximate surface area is 310 Å². The second-order valence-corrected chi connectivity index (χ2v) is 14.6. The first-order chi connectivity index (χ1) is 25.7. The number of rotatable bonds is 11. The SMILES string of the molecule is C=N/C=C(\NCC1CCCN1C(=O)CNC(=O)OC)c1ccc2c(c1)COc1cc3c(ccc4[nH]c(C5CC[C@H](C)N5C(=O)C[C@@H](C)CC)nc43)cc1-2. The molecule has 3 aliphatic heterocycles. The van der Waals surface area contributed by atoms with Crippen LogP contribution in [-0.2, 0) is 20.9 Å². The molecule has 3 aliphatic rings. The van der Waals surface area contributed by atoms with Crippen molar-refractivity contribution in [2.75, 3.05) is 26.7 Å². The molecule has 3 aromatic carbocycles. The van der Waals surface area contributed by atoms with Gasteiger partial charge in [-0.2, -0.15) is 0 Å². The number of fused-ring (bicyclic) bond motifs is 6. The summed E-state index contributed by atoms with van der Waals surface area (Å²) in [5, 5.41) is 8.06. The van der Waals surface area contributed by atoms with E-state index in [1.165, 1.54) is 7.11 Å². The van der Waals surface area contributed by atoms with Gasteiger partial charge in [0.1, 0.15) is 24.7 Å². The quantitative estimate of drug-likeness (QED) is 0.147. The van der Waals surface area contributed by atoms with Crippen LogP contribution < -0.4 is 15.4 Å². The molecule has 0 spiro atoms. The zero-order valence-electron chi connectivity index (χ0n) is 31.0. The number of carbonyl (C=O) groups is 3. The van der Waals surface area contributed by atoms with Crippen molar-refractivity contribution in [1.82, 2.24) is 30.4 Å². The Morgan fingerprint density at radius 3 is 2.75 bits per heavy atom. The van der Waals surface area contributed by atoms with Gasteiger partial charge in [0.05, 0.1) is 29.9 Å².